The summed E-state index contributed by atoms with van der Waals surface area (Å²) in [7, 11) is 1.43. The molecular formula is C17H27NO2. The van der Waals surface area contributed by atoms with Gasteiger partial charge in [0, 0.05) is 6.54 Å². The van der Waals surface area contributed by atoms with E-state index in [9.17, 15) is 4.79 Å². The van der Waals surface area contributed by atoms with E-state index in [4.69, 9.17) is 10.5 Å². The van der Waals surface area contributed by atoms with Crippen LogP contribution in [0, 0.1) is 12.3 Å². The van der Waals surface area contributed by atoms with Crippen LogP contribution >= 0.6 is 0 Å². The van der Waals surface area contributed by atoms with E-state index in [1.54, 1.807) is 0 Å². The van der Waals surface area contributed by atoms with E-state index in [1.807, 2.05) is 31.2 Å². The first-order valence-electron chi connectivity index (χ1n) is 7.11. The molecule has 0 bridgehead atoms. The maximum atomic E-state index is 12.4. The Morgan fingerprint density at radius 3 is 2.35 bits per heavy atom. The van der Waals surface area contributed by atoms with E-state index < -0.39 is 5.41 Å². The Hall–Kier alpha value is -1.35. The molecule has 2 N–H and O–H groups in total. The Balaban J connectivity index is 3.21. The smallest absolute Gasteiger partial charge is 0.317 e. The summed E-state index contributed by atoms with van der Waals surface area (Å²) in [6, 6.07) is 7.99. The van der Waals surface area contributed by atoms with E-state index in [-0.39, 0.29) is 17.9 Å². The highest BCUT2D eigenvalue weighted by molar-refractivity contribution is 5.83. The molecule has 112 valence electrons. The minimum Gasteiger partial charge on any atom is -0.468 e. The summed E-state index contributed by atoms with van der Waals surface area (Å²) in [5.74, 6) is -0.241. The number of carbonyl (C=O) groups is 1. The third kappa shape index (κ3) is 3.83. The fraction of sp³-hybridized carbons (Fsp3) is 0.588. The Bertz CT molecular complexity index is 462. The molecule has 0 aliphatic heterocycles. The zero-order valence-corrected chi connectivity index (χ0v) is 13.3. The predicted octanol–water partition coefficient (Wildman–Crippen LogP) is 3.19. The Labute approximate surface area is 122 Å². The monoisotopic (exact) mass is 277 g/mol. The topological polar surface area (TPSA) is 52.3 Å². The summed E-state index contributed by atoms with van der Waals surface area (Å²) in [5.41, 5.74) is 7.48. The summed E-state index contributed by atoms with van der Waals surface area (Å²) in [6.07, 6.45) is 1.61. The number of methoxy groups -OCH3 is 1. The predicted molar refractivity (Wildman–Crippen MR) is 82.6 cm³/mol. The molecular weight excluding hydrogens is 250 g/mol. The number of esters is 1. The van der Waals surface area contributed by atoms with Gasteiger partial charge in [0.15, 0.2) is 0 Å². The summed E-state index contributed by atoms with van der Waals surface area (Å²) in [6.45, 7) is 8.79. The third-order valence-corrected chi connectivity index (χ3v) is 3.80. The third-order valence-electron chi connectivity index (χ3n) is 3.80. The summed E-state index contributed by atoms with van der Waals surface area (Å²) < 4.78 is 5.05. The van der Waals surface area contributed by atoms with Crippen LogP contribution in [0.1, 0.15) is 44.7 Å². The maximum absolute atomic E-state index is 12.4. The molecule has 0 aliphatic carbocycles. The second-order valence-electron chi connectivity index (χ2n) is 6.71. The van der Waals surface area contributed by atoms with Crippen LogP contribution in [0.3, 0.4) is 0 Å². The molecule has 0 aliphatic rings. The number of nitrogens with two attached hydrogens (primary N) is 1. The highest BCUT2D eigenvalue weighted by Crippen LogP contribution is 2.35. The van der Waals surface area contributed by atoms with Gasteiger partial charge in [0.05, 0.1) is 7.11 Å². The SMILES string of the molecule is COC(=O)C(CN)(CCC(C)(C)C)c1cccc(C)c1. The van der Waals surface area contributed by atoms with Crippen molar-refractivity contribution in [1.29, 1.82) is 0 Å². The molecule has 0 radical (unpaired) electrons. The van der Waals surface area contributed by atoms with Crippen LogP contribution in [0.25, 0.3) is 0 Å². The first-order valence-corrected chi connectivity index (χ1v) is 7.11. The van der Waals surface area contributed by atoms with Crippen LogP contribution in [-0.2, 0) is 14.9 Å². The fourth-order valence-corrected chi connectivity index (χ4v) is 2.39. The van der Waals surface area contributed by atoms with Gasteiger partial charge in [-0.3, -0.25) is 4.79 Å². The van der Waals surface area contributed by atoms with Crippen LogP contribution in [0.4, 0.5) is 0 Å². The van der Waals surface area contributed by atoms with Crippen molar-refractivity contribution in [2.75, 3.05) is 13.7 Å². The summed E-state index contributed by atoms with van der Waals surface area (Å²) in [4.78, 5) is 12.4. The van der Waals surface area contributed by atoms with Crippen molar-refractivity contribution in [2.24, 2.45) is 11.1 Å². The summed E-state index contributed by atoms with van der Waals surface area (Å²) >= 11 is 0. The summed E-state index contributed by atoms with van der Waals surface area (Å²) in [5, 5.41) is 0. The van der Waals surface area contributed by atoms with Gasteiger partial charge >= 0.3 is 5.97 Å². The van der Waals surface area contributed by atoms with Crippen molar-refractivity contribution in [3.8, 4) is 0 Å². The molecule has 20 heavy (non-hydrogen) atoms. The van der Waals surface area contributed by atoms with Crippen molar-refractivity contribution in [3.05, 3.63) is 35.4 Å². The minimum absolute atomic E-state index is 0.151. The lowest BCUT2D eigenvalue weighted by molar-refractivity contribution is -0.147. The number of rotatable bonds is 5. The first-order chi connectivity index (χ1) is 9.25. The van der Waals surface area contributed by atoms with Crippen LogP contribution in [-0.4, -0.2) is 19.6 Å². The van der Waals surface area contributed by atoms with E-state index in [0.717, 1.165) is 17.5 Å². The molecule has 1 atom stereocenters. The molecule has 0 aromatic heterocycles. The van der Waals surface area contributed by atoms with Crippen molar-refractivity contribution >= 4 is 5.97 Å². The van der Waals surface area contributed by atoms with Crippen molar-refractivity contribution in [2.45, 2.75) is 46.0 Å². The normalized spacial score (nSPS) is 14.7. The van der Waals surface area contributed by atoms with Crippen LogP contribution in [0.15, 0.2) is 24.3 Å². The maximum Gasteiger partial charge on any atom is 0.317 e. The average molecular weight is 277 g/mol. The van der Waals surface area contributed by atoms with E-state index in [1.165, 1.54) is 7.11 Å². The van der Waals surface area contributed by atoms with E-state index >= 15 is 0 Å². The average Bonchev–Trinajstić information content (AvgIpc) is 2.38. The standard InChI is InChI=1S/C17H27NO2/c1-13-7-6-8-14(11-13)17(12-18,15(19)20-5)10-9-16(2,3)4/h6-8,11H,9-10,12,18H2,1-5H3. The van der Waals surface area contributed by atoms with Gasteiger partial charge < -0.3 is 10.5 Å². The molecule has 0 amide bonds. The highest BCUT2D eigenvalue weighted by Gasteiger charge is 2.40. The molecule has 0 saturated carbocycles. The lowest BCUT2D eigenvalue weighted by Crippen LogP contribution is -2.44. The second-order valence-corrected chi connectivity index (χ2v) is 6.71. The largest absolute Gasteiger partial charge is 0.468 e. The molecule has 0 spiro atoms. The molecule has 1 unspecified atom stereocenters. The second kappa shape index (κ2) is 6.40. The van der Waals surface area contributed by atoms with Crippen LogP contribution in [0.5, 0.6) is 0 Å². The number of hydrogen-bond donors (Lipinski definition) is 1. The minimum atomic E-state index is -0.742. The van der Waals surface area contributed by atoms with Gasteiger partial charge in [-0.15, -0.1) is 0 Å². The highest BCUT2D eigenvalue weighted by atomic mass is 16.5. The quantitative estimate of drug-likeness (QED) is 0.841. The van der Waals surface area contributed by atoms with Crippen molar-refractivity contribution in [3.63, 3.8) is 0 Å². The molecule has 0 fully saturated rings. The van der Waals surface area contributed by atoms with Gasteiger partial charge in [-0.25, -0.2) is 0 Å². The van der Waals surface area contributed by atoms with Gasteiger partial charge in [0.25, 0.3) is 0 Å². The molecule has 3 nitrogen and oxygen atoms in total. The zero-order valence-electron chi connectivity index (χ0n) is 13.3. The molecule has 0 saturated heterocycles. The van der Waals surface area contributed by atoms with Gasteiger partial charge in [-0.05, 0) is 30.7 Å². The van der Waals surface area contributed by atoms with Crippen LogP contribution < -0.4 is 5.73 Å². The van der Waals surface area contributed by atoms with E-state index in [2.05, 4.69) is 20.8 Å². The van der Waals surface area contributed by atoms with Gasteiger partial charge in [-0.1, -0.05) is 50.6 Å². The number of carbonyl (C=O) groups excluding carboxylic acids is 1. The van der Waals surface area contributed by atoms with Crippen molar-refractivity contribution < 1.29 is 9.53 Å². The molecule has 1 aromatic carbocycles. The molecule has 3 heteroatoms. The number of benzene rings is 1. The Morgan fingerprint density at radius 2 is 1.90 bits per heavy atom. The lowest BCUT2D eigenvalue weighted by Gasteiger charge is -2.33. The van der Waals surface area contributed by atoms with E-state index in [0.29, 0.717) is 6.42 Å². The Morgan fingerprint density at radius 1 is 1.25 bits per heavy atom. The molecule has 0 heterocycles. The Kier molecular flexibility index (Phi) is 5.35. The zero-order chi connectivity index (χ0) is 15.4. The lowest BCUT2D eigenvalue weighted by atomic mass is 9.72. The fourth-order valence-electron chi connectivity index (χ4n) is 2.39. The van der Waals surface area contributed by atoms with Gasteiger partial charge in [0.2, 0.25) is 0 Å². The molecule has 1 rings (SSSR count). The number of ether oxygens (including phenoxy) is 1. The van der Waals surface area contributed by atoms with Gasteiger partial charge in [0.1, 0.15) is 5.41 Å². The first kappa shape index (κ1) is 16.7. The van der Waals surface area contributed by atoms with Crippen molar-refractivity contribution in [1.82, 2.24) is 0 Å². The number of aryl methyl sites for hydroxylation is 1. The van der Waals surface area contributed by atoms with Gasteiger partial charge in [-0.2, -0.15) is 0 Å². The molecule has 1 aromatic rings. The number of hydrogen-bond acceptors (Lipinski definition) is 3. The van der Waals surface area contributed by atoms with Crippen LogP contribution in [0.2, 0.25) is 0 Å².